The second-order valence-electron chi connectivity index (χ2n) is 5.24. The van der Waals surface area contributed by atoms with E-state index in [1.54, 1.807) is 12.1 Å². The molecule has 0 bridgehead atoms. The standard InChI is InChI=1S/C15H18BrF3NO/c16-13-7-6-12(14(8-13)21-15(17,18)19)10-20-9-11-4-2-1-3-5-11/h1,6-8,11,20H,2-5,9-10H2. The second-order valence-corrected chi connectivity index (χ2v) is 6.16. The number of hydrogen-bond acceptors (Lipinski definition) is 2. The van der Waals surface area contributed by atoms with Crippen LogP contribution in [0.2, 0.25) is 0 Å². The molecule has 1 N–H and O–H groups in total. The molecular formula is C15H18BrF3NO. The molecule has 1 aliphatic carbocycles. The molecule has 0 saturated heterocycles. The van der Waals surface area contributed by atoms with Gasteiger partial charge in [0.1, 0.15) is 5.75 Å². The van der Waals surface area contributed by atoms with Gasteiger partial charge in [0, 0.05) is 16.6 Å². The summed E-state index contributed by atoms with van der Waals surface area (Å²) in [5.41, 5.74) is 0.512. The molecule has 1 aliphatic rings. The van der Waals surface area contributed by atoms with E-state index in [4.69, 9.17) is 0 Å². The first kappa shape index (κ1) is 16.6. The molecular weight excluding hydrogens is 347 g/mol. The van der Waals surface area contributed by atoms with E-state index in [1.807, 2.05) is 0 Å². The lowest BCUT2D eigenvalue weighted by molar-refractivity contribution is -0.274. The summed E-state index contributed by atoms with van der Waals surface area (Å²) in [7, 11) is 0. The van der Waals surface area contributed by atoms with Crippen LogP contribution in [0.25, 0.3) is 0 Å². The van der Waals surface area contributed by atoms with Crippen LogP contribution in [0.3, 0.4) is 0 Å². The molecule has 21 heavy (non-hydrogen) atoms. The van der Waals surface area contributed by atoms with Gasteiger partial charge in [-0.1, -0.05) is 22.0 Å². The predicted molar refractivity (Wildman–Crippen MR) is 78.8 cm³/mol. The number of nitrogens with one attached hydrogen (secondary N) is 1. The summed E-state index contributed by atoms with van der Waals surface area (Å²) >= 11 is 3.16. The molecule has 1 aromatic rings. The topological polar surface area (TPSA) is 21.3 Å². The summed E-state index contributed by atoms with van der Waals surface area (Å²) in [6, 6.07) is 4.71. The summed E-state index contributed by atoms with van der Waals surface area (Å²) < 4.78 is 41.9. The molecule has 0 aromatic heterocycles. The Morgan fingerprint density at radius 3 is 2.62 bits per heavy atom. The van der Waals surface area contributed by atoms with Crippen molar-refractivity contribution in [2.75, 3.05) is 6.54 Å². The number of hydrogen-bond donors (Lipinski definition) is 1. The van der Waals surface area contributed by atoms with Crippen molar-refractivity contribution < 1.29 is 17.9 Å². The zero-order valence-corrected chi connectivity index (χ0v) is 13.1. The van der Waals surface area contributed by atoms with Crippen molar-refractivity contribution in [3.8, 4) is 5.75 Å². The van der Waals surface area contributed by atoms with Gasteiger partial charge >= 0.3 is 6.36 Å². The van der Waals surface area contributed by atoms with Gasteiger partial charge in [0.2, 0.25) is 0 Å². The monoisotopic (exact) mass is 364 g/mol. The van der Waals surface area contributed by atoms with Crippen LogP contribution in [0.5, 0.6) is 5.75 Å². The summed E-state index contributed by atoms with van der Waals surface area (Å²) in [6.07, 6.45) is 2.19. The molecule has 6 heteroatoms. The van der Waals surface area contributed by atoms with Gasteiger partial charge in [-0.2, -0.15) is 0 Å². The van der Waals surface area contributed by atoms with Gasteiger partial charge in [0.05, 0.1) is 0 Å². The number of alkyl halides is 3. The van der Waals surface area contributed by atoms with Gasteiger partial charge in [-0.3, -0.25) is 0 Å². The van der Waals surface area contributed by atoms with E-state index in [2.05, 4.69) is 32.4 Å². The highest BCUT2D eigenvalue weighted by molar-refractivity contribution is 9.10. The highest BCUT2D eigenvalue weighted by atomic mass is 79.9. The van der Waals surface area contributed by atoms with Crippen molar-refractivity contribution in [2.24, 2.45) is 5.92 Å². The van der Waals surface area contributed by atoms with Crippen LogP contribution in [0.1, 0.15) is 31.2 Å². The Balaban J connectivity index is 1.92. The maximum atomic E-state index is 12.4. The van der Waals surface area contributed by atoms with Crippen LogP contribution in [-0.2, 0) is 6.54 Å². The largest absolute Gasteiger partial charge is 0.573 e. The smallest absolute Gasteiger partial charge is 0.405 e. The Bertz CT molecular complexity index is 459. The number of rotatable bonds is 5. The molecule has 117 valence electrons. The van der Waals surface area contributed by atoms with Crippen molar-refractivity contribution in [2.45, 2.75) is 38.6 Å². The minimum Gasteiger partial charge on any atom is -0.405 e. The molecule has 0 heterocycles. The summed E-state index contributed by atoms with van der Waals surface area (Å²) in [5.74, 6) is 0.457. The molecule has 0 aliphatic heterocycles. The Morgan fingerprint density at radius 1 is 1.24 bits per heavy atom. The van der Waals surface area contributed by atoms with E-state index in [0.29, 0.717) is 22.5 Å². The average molecular weight is 365 g/mol. The lowest BCUT2D eigenvalue weighted by atomic mass is 9.89. The fourth-order valence-electron chi connectivity index (χ4n) is 2.50. The molecule has 0 unspecified atom stereocenters. The van der Waals surface area contributed by atoms with E-state index in [9.17, 15) is 13.2 Å². The Morgan fingerprint density at radius 2 is 1.95 bits per heavy atom. The van der Waals surface area contributed by atoms with Gasteiger partial charge < -0.3 is 10.1 Å². The molecule has 2 nitrogen and oxygen atoms in total. The van der Waals surface area contributed by atoms with Crippen LogP contribution < -0.4 is 10.1 Å². The Labute approximate surface area is 131 Å². The zero-order chi connectivity index (χ0) is 15.3. The molecule has 1 fully saturated rings. The fraction of sp³-hybridized carbons (Fsp3) is 0.533. The van der Waals surface area contributed by atoms with Gasteiger partial charge in [0.25, 0.3) is 0 Å². The van der Waals surface area contributed by atoms with Crippen molar-refractivity contribution >= 4 is 15.9 Å². The van der Waals surface area contributed by atoms with Gasteiger partial charge in [0.15, 0.2) is 0 Å². The third kappa shape index (κ3) is 5.87. The van der Waals surface area contributed by atoms with Crippen LogP contribution >= 0.6 is 15.9 Å². The van der Waals surface area contributed by atoms with Crippen molar-refractivity contribution in [1.82, 2.24) is 5.32 Å². The minimum absolute atomic E-state index is 0.152. The maximum Gasteiger partial charge on any atom is 0.573 e. The van der Waals surface area contributed by atoms with Crippen LogP contribution in [0, 0.1) is 12.3 Å². The highest BCUT2D eigenvalue weighted by Gasteiger charge is 2.32. The van der Waals surface area contributed by atoms with Crippen molar-refractivity contribution in [1.29, 1.82) is 0 Å². The maximum absolute atomic E-state index is 12.4. The van der Waals surface area contributed by atoms with Gasteiger partial charge in [-0.15, -0.1) is 13.2 Å². The minimum atomic E-state index is -4.67. The lowest BCUT2D eigenvalue weighted by Crippen LogP contribution is -2.25. The van der Waals surface area contributed by atoms with E-state index in [-0.39, 0.29) is 5.75 Å². The van der Waals surface area contributed by atoms with E-state index >= 15 is 0 Å². The quantitative estimate of drug-likeness (QED) is 0.807. The highest BCUT2D eigenvalue weighted by Crippen LogP contribution is 2.29. The molecule has 1 saturated carbocycles. The van der Waals surface area contributed by atoms with Gasteiger partial charge in [-0.05, 0) is 56.7 Å². The first-order valence-corrected chi connectivity index (χ1v) is 7.80. The number of halogens is 4. The van der Waals surface area contributed by atoms with Crippen LogP contribution in [0.4, 0.5) is 13.2 Å². The third-order valence-corrected chi connectivity index (χ3v) is 4.05. The first-order chi connectivity index (χ1) is 9.94. The summed E-state index contributed by atoms with van der Waals surface area (Å²) in [5, 5.41) is 3.24. The van der Waals surface area contributed by atoms with Crippen LogP contribution in [-0.4, -0.2) is 12.9 Å². The van der Waals surface area contributed by atoms with Crippen LogP contribution in [0.15, 0.2) is 22.7 Å². The van der Waals surface area contributed by atoms with E-state index < -0.39 is 6.36 Å². The molecule has 1 aromatic carbocycles. The summed E-state index contributed by atoms with van der Waals surface area (Å²) in [4.78, 5) is 0. The molecule has 0 amide bonds. The first-order valence-electron chi connectivity index (χ1n) is 7.00. The fourth-order valence-corrected chi connectivity index (χ4v) is 2.85. The van der Waals surface area contributed by atoms with Crippen molar-refractivity contribution in [3.05, 3.63) is 34.7 Å². The second kappa shape index (κ2) is 7.49. The molecule has 1 radical (unpaired) electrons. The summed E-state index contributed by atoms with van der Waals surface area (Å²) in [6.45, 7) is 1.20. The number of benzene rings is 1. The van der Waals surface area contributed by atoms with Crippen molar-refractivity contribution in [3.63, 3.8) is 0 Å². The molecule has 2 rings (SSSR count). The average Bonchev–Trinajstić information content (AvgIpc) is 2.41. The zero-order valence-electron chi connectivity index (χ0n) is 11.5. The SMILES string of the molecule is FC(F)(F)Oc1cc(Br)ccc1CNCC1CC[CH]CC1. The van der Waals surface area contributed by atoms with E-state index in [1.165, 1.54) is 6.07 Å². The predicted octanol–water partition coefficient (Wildman–Crippen LogP) is 4.83. The number of ether oxygens (including phenoxy) is 1. The lowest BCUT2D eigenvalue weighted by Gasteiger charge is -2.22. The van der Waals surface area contributed by atoms with E-state index in [0.717, 1.165) is 32.2 Å². The Hall–Kier alpha value is -0.750. The van der Waals surface area contributed by atoms with Gasteiger partial charge in [-0.25, -0.2) is 0 Å². The normalized spacial score (nSPS) is 17.0. The Kier molecular flexibility index (Phi) is 5.93. The molecule has 0 atom stereocenters. The molecule has 0 spiro atoms. The third-order valence-electron chi connectivity index (χ3n) is 3.56.